The van der Waals surface area contributed by atoms with Crippen molar-refractivity contribution >= 4 is 74.3 Å². The van der Waals surface area contributed by atoms with Crippen LogP contribution in [0.1, 0.15) is 134 Å². The second-order valence-corrected chi connectivity index (χ2v) is 24.2. The molecule has 11 rings (SSSR count). The van der Waals surface area contributed by atoms with Crippen molar-refractivity contribution in [2.24, 2.45) is 0 Å². The monoisotopic (exact) mass is 878 g/mol. The molecule has 0 radical (unpaired) electrons. The smallest absolute Gasteiger partial charge is 0.252 e. The zero-order valence-electron chi connectivity index (χ0n) is 42.3. The molecule has 0 N–H and O–H groups in total. The van der Waals surface area contributed by atoms with E-state index in [1.165, 1.54) is 102 Å². The van der Waals surface area contributed by atoms with Crippen molar-refractivity contribution in [3.63, 3.8) is 0 Å². The first-order chi connectivity index (χ1) is 31.6. The Morgan fingerprint density at radius 3 is 1.55 bits per heavy atom. The number of nitrogens with zero attached hydrogens (tertiary/aromatic N) is 3. The topological polar surface area (TPSA) is 9.72 Å². The lowest BCUT2D eigenvalue weighted by Gasteiger charge is -2.48. The van der Waals surface area contributed by atoms with Gasteiger partial charge in [0.2, 0.25) is 0 Å². The van der Waals surface area contributed by atoms with Crippen molar-refractivity contribution < 1.29 is 0 Å². The molecule has 0 atom stereocenters. The van der Waals surface area contributed by atoms with Crippen molar-refractivity contribution in [2.45, 2.75) is 136 Å². The zero-order chi connectivity index (χ0) is 47.2. The molecule has 0 bridgehead atoms. The minimum atomic E-state index is 0.0177. The van der Waals surface area contributed by atoms with Crippen molar-refractivity contribution in [2.75, 3.05) is 14.7 Å². The summed E-state index contributed by atoms with van der Waals surface area (Å²) in [6.45, 7) is 31.3. The largest absolute Gasteiger partial charge is 0.311 e. The molecule has 2 heterocycles. The molecular weight excluding hydrogens is 810 g/mol. The van der Waals surface area contributed by atoms with Gasteiger partial charge in [0.15, 0.2) is 0 Å². The highest BCUT2D eigenvalue weighted by Crippen LogP contribution is 2.55. The molecular formula is C63H68BN3. The lowest BCUT2D eigenvalue weighted by molar-refractivity contribution is 0.332. The molecule has 0 aromatic heterocycles. The molecule has 0 unspecified atom stereocenters. The highest BCUT2D eigenvalue weighted by Gasteiger charge is 2.48. The molecule has 7 aromatic rings. The molecule has 2 aliphatic carbocycles. The molecule has 67 heavy (non-hydrogen) atoms. The number of hydrogen-bond acceptors (Lipinski definition) is 3. The van der Waals surface area contributed by atoms with E-state index in [0.717, 1.165) is 23.5 Å². The Kier molecular flexibility index (Phi) is 9.59. The summed E-state index contributed by atoms with van der Waals surface area (Å²) in [7, 11) is 0. The third-order valence-electron chi connectivity index (χ3n) is 16.4. The number of aryl methyl sites for hydroxylation is 2. The Morgan fingerprint density at radius 2 is 0.970 bits per heavy atom. The van der Waals surface area contributed by atoms with Gasteiger partial charge < -0.3 is 14.7 Å². The Morgan fingerprint density at radius 1 is 0.463 bits per heavy atom. The van der Waals surface area contributed by atoms with Crippen LogP contribution in [-0.4, -0.2) is 6.71 Å². The Labute approximate surface area is 402 Å². The van der Waals surface area contributed by atoms with Crippen LogP contribution >= 0.6 is 0 Å². The second-order valence-electron chi connectivity index (χ2n) is 24.2. The van der Waals surface area contributed by atoms with Gasteiger partial charge in [-0.1, -0.05) is 143 Å². The second kappa shape index (κ2) is 14.8. The number of benzene rings is 7. The van der Waals surface area contributed by atoms with Crippen LogP contribution in [0.4, 0.5) is 51.2 Å². The summed E-state index contributed by atoms with van der Waals surface area (Å²) in [5.41, 5.74) is 25.3. The zero-order valence-corrected chi connectivity index (χ0v) is 42.3. The lowest BCUT2D eigenvalue weighted by Crippen LogP contribution is -2.62. The average molecular weight is 878 g/mol. The minimum Gasteiger partial charge on any atom is -0.311 e. The van der Waals surface area contributed by atoms with Gasteiger partial charge in [0, 0.05) is 51.2 Å². The fourth-order valence-electron chi connectivity index (χ4n) is 12.9. The highest BCUT2D eigenvalue weighted by atomic mass is 15.2. The van der Waals surface area contributed by atoms with Crippen LogP contribution in [0.2, 0.25) is 0 Å². The van der Waals surface area contributed by atoms with Crippen LogP contribution < -0.4 is 31.1 Å². The molecule has 0 amide bonds. The Hall–Kier alpha value is -6.00. The maximum absolute atomic E-state index is 2.67. The van der Waals surface area contributed by atoms with Crippen molar-refractivity contribution in [3.8, 4) is 0 Å². The van der Waals surface area contributed by atoms with Gasteiger partial charge in [0.05, 0.1) is 0 Å². The maximum Gasteiger partial charge on any atom is 0.252 e. The van der Waals surface area contributed by atoms with Crippen LogP contribution in [-0.2, 0) is 27.1 Å². The molecule has 3 nitrogen and oxygen atoms in total. The summed E-state index contributed by atoms with van der Waals surface area (Å²) in [4.78, 5) is 7.73. The molecule has 4 heteroatoms. The number of fused-ring (bicyclic) bond motifs is 6. The van der Waals surface area contributed by atoms with Crippen LogP contribution in [0.5, 0.6) is 0 Å². The summed E-state index contributed by atoms with van der Waals surface area (Å²) >= 11 is 0. The van der Waals surface area contributed by atoms with Gasteiger partial charge in [-0.2, -0.15) is 0 Å². The van der Waals surface area contributed by atoms with Crippen LogP contribution in [0.15, 0.2) is 140 Å². The first kappa shape index (κ1) is 43.6. The van der Waals surface area contributed by atoms with Crippen molar-refractivity contribution in [3.05, 3.63) is 178 Å². The van der Waals surface area contributed by atoms with E-state index >= 15 is 0 Å². The van der Waals surface area contributed by atoms with Gasteiger partial charge in [-0.25, -0.2) is 0 Å². The van der Waals surface area contributed by atoms with Gasteiger partial charge in [0.1, 0.15) is 0 Å². The molecule has 4 aliphatic rings. The first-order valence-electron chi connectivity index (χ1n) is 24.9. The maximum atomic E-state index is 2.67. The quantitative estimate of drug-likeness (QED) is 0.160. The Balaban J connectivity index is 1.25. The summed E-state index contributed by atoms with van der Waals surface area (Å²) in [6, 6.07) is 54.0. The normalized spacial score (nSPS) is 17.8. The van der Waals surface area contributed by atoms with E-state index in [0.29, 0.717) is 0 Å². The highest BCUT2D eigenvalue weighted by molar-refractivity contribution is 7.00. The fraction of sp³-hybridized carbons (Fsp3) is 0.333. The van der Waals surface area contributed by atoms with Gasteiger partial charge in [-0.05, 0) is 188 Å². The predicted molar refractivity (Wildman–Crippen MR) is 289 cm³/mol. The third-order valence-corrected chi connectivity index (χ3v) is 16.4. The van der Waals surface area contributed by atoms with Gasteiger partial charge in [-0.15, -0.1) is 0 Å². The summed E-state index contributed by atoms with van der Waals surface area (Å²) in [5, 5.41) is 0. The van der Waals surface area contributed by atoms with Crippen molar-refractivity contribution in [1.82, 2.24) is 0 Å². The minimum absolute atomic E-state index is 0.0177. The van der Waals surface area contributed by atoms with Gasteiger partial charge >= 0.3 is 0 Å². The van der Waals surface area contributed by atoms with E-state index in [1.807, 2.05) is 0 Å². The standard InChI is InChI=1S/C63H68BN3/c1-40-32-56-58-57(33-40)67(53-37-50-47(34-41(53)2)62(10,11)39-63(50,12)13)54-35-46(65(43-20-16-14-17-21-43)44-22-18-15-19-23-44)28-29-51(54)64(58)52-36-48-49(61(8,9)31-30-60(48,6)7)38-55(52)66(56)45-26-24-42(25-27-45)59(3,4)5/h14-29,32-38H,30-31,39H2,1-13H3. The van der Waals surface area contributed by atoms with E-state index in [9.17, 15) is 0 Å². The molecule has 0 saturated carbocycles. The molecule has 0 saturated heterocycles. The van der Waals surface area contributed by atoms with E-state index in [1.54, 1.807) is 0 Å². The Bertz CT molecular complexity index is 3070. The summed E-state index contributed by atoms with van der Waals surface area (Å²) in [6.07, 6.45) is 3.47. The predicted octanol–water partition coefficient (Wildman–Crippen LogP) is 15.5. The number of anilines is 9. The SMILES string of the molecule is Cc1cc2c3c(c1)N(c1cc4c(cc1C)C(C)(C)CC4(C)C)c1cc(N(c4ccccc4)c4ccccc4)ccc1B3c1cc3c(cc1N2c1ccc(C(C)(C)C)cc1)C(C)(C)CCC3(C)C. The summed E-state index contributed by atoms with van der Waals surface area (Å²) < 4.78 is 0. The van der Waals surface area contributed by atoms with Gasteiger partial charge in [0.25, 0.3) is 6.71 Å². The molecule has 338 valence electrons. The number of hydrogen-bond donors (Lipinski definition) is 0. The van der Waals surface area contributed by atoms with Crippen LogP contribution in [0.3, 0.4) is 0 Å². The number of para-hydroxylation sites is 2. The van der Waals surface area contributed by atoms with Crippen molar-refractivity contribution in [1.29, 1.82) is 0 Å². The van der Waals surface area contributed by atoms with E-state index in [4.69, 9.17) is 0 Å². The molecule has 7 aromatic carbocycles. The van der Waals surface area contributed by atoms with E-state index in [2.05, 4.69) is 244 Å². The fourth-order valence-corrected chi connectivity index (χ4v) is 12.9. The van der Waals surface area contributed by atoms with Crippen LogP contribution in [0.25, 0.3) is 0 Å². The molecule has 0 spiro atoms. The number of rotatable bonds is 5. The van der Waals surface area contributed by atoms with E-state index < -0.39 is 0 Å². The van der Waals surface area contributed by atoms with Crippen LogP contribution in [0, 0.1) is 13.8 Å². The van der Waals surface area contributed by atoms with Gasteiger partial charge in [-0.3, -0.25) is 0 Å². The van der Waals surface area contributed by atoms with E-state index in [-0.39, 0.29) is 33.8 Å². The molecule has 2 aliphatic heterocycles. The first-order valence-corrected chi connectivity index (χ1v) is 24.9. The third kappa shape index (κ3) is 6.82. The molecule has 0 fully saturated rings. The lowest BCUT2D eigenvalue weighted by atomic mass is 9.33. The summed E-state index contributed by atoms with van der Waals surface area (Å²) in [5.74, 6) is 0. The average Bonchev–Trinajstić information content (AvgIpc) is 3.46.